The highest BCUT2D eigenvalue weighted by atomic mass is 16.6. The molecular formula is C18H26N2O4. The normalized spacial score (nSPS) is 15.9. The van der Waals surface area contributed by atoms with Crippen molar-refractivity contribution in [2.45, 2.75) is 45.6 Å². The first-order valence-electron chi connectivity index (χ1n) is 8.29. The molecule has 0 unspecified atom stereocenters. The van der Waals surface area contributed by atoms with Crippen LogP contribution in [-0.2, 0) is 14.3 Å². The highest BCUT2D eigenvalue weighted by Gasteiger charge is 2.26. The van der Waals surface area contributed by atoms with E-state index in [-0.39, 0.29) is 11.9 Å². The van der Waals surface area contributed by atoms with Gasteiger partial charge in [-0.05, 0) is 45.6 Å². The number of methoxy groups -OCH3 is 1. The molecule has 0 aliphatic carbocycles. The van der Waals surface area contributed by atoms with E-state index in [0.717, 1.165) is 31.6 Å². The van der Waals surface area contributed by atoms with Crippen LogP contribution in [0.1, 0.15) is 50.4 Å². The minimum Gasteiger partial charge on any atom is -0.465 e. The fourth-order valence-electron chi connectivity index (χ4n) is 2.92. The predicted octanol–water partition coefficient (Wildman–Crippen LogP) is 2.82. The Bertz CT molecular complexity index is 587. The van der Waals surface area contributed by atoms with E-state index in [0.29, 0.717) is 17.9 Å². The van der Waals surface area contributed by atoms with Crippen molar-refractivity contribution in [3.63, 3.8) is 0 Å². The molecule has 2 heterocycles. The Morgan fingerprint density at radius 1 is 1.29 bits per heavy atom. The second kappa shape index (κ2) is 7.64. The van der Waals surface area contributed by atoms with Gasteiger partial charge in [-0.15, -0.1) is 0 Å². The number of carbonyl (C=O) groups is 2. The highest BCUT2D eigenvalue weighted by molar-refractivity contribution is 5.95. The number of hydrogen-bond donors (Lipinski definition) is 0. The summed E-state index contributed by atoms with van der Waals surface area (Å²) in [7, 11) is 1.37. The van der Waals surface area contributed by atoms with E-state index >= 15 is 0 Å². The number of anilines is 1. The van der Waals surface area contributed by atoms with Crippen molar-refractivity contribution in [3.8, 4) is 0 Å². The smallest absolute Gasteiger partial charge is 0.340 e. The lowest BCUT2D eigenvalue weighted by molar-refractivity contribution is -0.156. The van der Waals surface area contributed by atoms with Gasteiger partial charge >= 0.3 is 11.9 Å². The van der Waals surface area contributed by atoms with Crippen LogP contribution >= 0.6 is 0 Å². The molecule has 24 heavy (non-hydrogen) atoms. The zero-order valence-corrected chi connectivity index (χ0v) is 14.9. The second-order valence-corrected chi connectivity index (χ2v) is 7.11. The highest BCUT2D eigenvalue weighted by Crippen LogP contribution is 2.28. The van der Waals surface area contributed by atoms with Crippen LogP contribution in [0.4, 0.5) is 5.69 Å². The van der Waals surface area contributed by atoms with Crippen molar-refractivity contribution in [2.24, 2.45) is 5.92 Å². The molecule has 0 N–H and O–H groups in total. The van der Waals surface area contributed by atoms with Gasteiger partial charge in [0.05, 0.1) is 24.6 Å². The molecule has 6 nitrogen and oxygen atoms in total. The van der Waals surface area contributed by atoms with Gasteiger partial charge in [0.25, 0.3) is 0 Å². The molecular weight excluding hydrogens is 308 g/mol. The molecule has 1 saturated heterocycles. The lowest BCUT2D eigenvalue weighted by Gasteiger charge is -2.34. The molecule has 0 atom stereocenters. The number of hydrogen-bond acceptors (Lipinski definition) is 6. The van der Waals surface area contributed by atoms with Crippen molar-refractivity contribution < 1.29 is 19.1 Å². The summed E-state index contributed by atoms with van der Waals surface area (Å²) in [6, 6.07) is 1.67. The summed E-state index contributed by atoms with van der Waals surface area (Å²) in [6.07, 6.45) is 5.50. The van der Waals surface area contributed by atoms with Crippen LogP contribution in [0.15, 0.2) is 18.5 Å². The largest absolute Gasteiger partial charge is 0.465 e. The fraction of sp³-hybridized carbons (Fsp3) is 0.611. The fourth-order valence-corrected chi connectivity index (χ4v) is 2.92. The molecule has 1 aliphatic rings. The Labute approximate surface area is 143 Å². The van der Waals surface area contributed by atoms with Crippen LogP contribution in [0.3, 0.4) is 0 Å². The Morgan fingerprint density at radius 3 is 2.54 bits per heavy atom. The van der Waals surface area contributed by atoms with Gasteiger partial charge in [-0.1, -0.05) is 0 Å². The van der Waals surface area contributed by atoms with E-state index < -0.39 is 5.60 Å². The molecule has 2 rings (SSSR count). The summed E-state index contributed by atoms with van der Waals surface area (Å²) >= 11 is 0. The first-order valence-corrected chi connectivity index (χ1v) is 8.29. The molecule has 0 spiro atoms. The molecule has 0 aromatic carbocycles. The van der Waals surface area contributed by atoms with E-state index in [2.05, 4.69) is 9.88 Å². The van der Waals surface area contributed by atoms with Gasteiger partial charge in [0.1, 0.15) is 5.60 Å². The van der Waals surface area contributed by atoms with Gasteiger partial charge in [-0.25, -0.2) is 4.79 Å². The molecule has 0 radical (unpaired) electrons. The maximum absolute atomic E-state index is 12.0. The summed E-state index contributed by atoms with van der Waals surface area (Å²) < 4.78 is 10.2. The quantitative estimate of drug-likeness (QED) is 0.789. The Kier molecular flexibility index (Phi) is 5.80. The van der Waals surface area contributed by atoms with Crippen LogP contribution in [0.5, 0.6) is 0 Å². The molecule has 0 amide bonds. The lowest BCUT2D eigenvalue weighted by atomic mass is 9.93. The van der Waals surface area contributed by atoms with Crippen LogP contribution in [0, 0.1) is 5.92 Å². The van der Waals surface area contributed by atoms with E-state index in [1.807, 2.05) is 20.8 Å². The van der Waals surface area contributed by atoms with Gasteiger partial charge in [0, 0.05) is 25.7 Å². The molecule has 1 aromatic heterocycles. The molecule has 0 saturated carbocycles. The molecule has 132 valence electrons. The summed E-state index contributed by atoms with van der Waals surface area (Å²) in [5.74, 6) is -0.185. The van der Waals surface area contributed by atoms with Gasteiger partial charge in [-0.3, -0.25) is 9.78 Å². The summed E-state index contributed by atoms with van der Waals surface area (Å²) in [5.41, 5.74) is 0.876. The molecule has 1 aromatic rings. The SMILES string of the molecule is COC(=O)c1ccncc1N1CCC(CC(=O)OC(C)(C)C)CC1. The van der Waals surface area contributed by atoms with E-state index in [1.54, 1.807) is 18.5 Å². The summed E-state index contributed by atoms with van der Waals surface area (Å²) in [4.78, 5) is 30.1. The first-order chi connectivity index (χ1) is 11.3. The van der Waals surface area contributed by atoms with Crippen molar-refractivity contribution in [3.05, 3.63) is 24.0 Å². The van der Waals surface area contributed by atoms with Crippen LogP contribution in [-0.4, -0.2) is 42.7 Å². The number of piperidine rings is 1. The van der Waals surface area contributed by atoms with Gasteiger partial charge in [0.2, 0.25) is 0 Å². The number of rotatable bonds is 4. The Hall–Kier alpha value is -2.11. The van der Waals surface area contributed by atoms with Gasteiger partial charge in [0.15, 0.2) is 0 Å². The topological polar surface area (TPSA) is 68.7 Å². The van der Waals surface area contributed by atoms with Crippen molar-refractivity contribution in [1.29, 1.82) is 0 Å². The van der Waals surface area contributed by atoms with Crippen molar-refractivity contribution >= 4 is 17.6 Å². The van der Waals surface area contributed by atoms with Crippen LogP contribution in [0.2, 0.25) is 0 Å². The zero-order chi connectivity index (χ0) is 17.7. The maximum Gasteiger partial charge on any atom is 0.340 e. The average Bonchev–Trinajstić information content (AvgIpc) is 2.53. The van der Waals surface area contributed by atoms with E-state index in [9.17, 15) is 9.59 Å². The molecule has 1 fully saturated rings. The number of aromatic nitrogens is 1. The Balaban J connectivity index is 1.94. The second-order valence-electron chi connectivity index (χ2n) is 7.11. The zero-order valence-electron chi connectivity index (χ0n) is 14.9. The molecule has 0 bridgehead atoms. The number of carbonyl (C=O) groups excluding carboxylic acids is 2. The average molecular weight is 334 g/mol. The van der Waals surface area contributed by atoms with Gasteiger partial charge in [-0.2, -0.15) is 0 Å². The molecule has 1 aliphatic heterocycles. The monoisotopic (exact) mass is 334 g/mol. The standard InChI is InChI=1S/C18H26N2O4/c1-18(2,3)24-16(21)11-13-6-9-20(10-7-13)15-12-19-8-5-14(15)17(22)23-4/h5,8,12-13H,6-7,9-11H2,1-4H3. The predicted molar refractivity (Wildman–Crippen MR) is 91.0 cm³/mol. The first kappa shape index (κ1) is 18.2. The number of nitrogens with zero attached hydrogens (tertiary/aromatic N) is 2. The third-order valence-electron chi connectivity index (χ3n) is 4.04. The van der Waals surface area contributed by atoms with Crippen molar-refractivity contribution in [2.75, 3.05) is 25.1 Å². The van der Waals surface area contributed by atoms with Crippen molar-refractivity contribution in [1.82, 2.24) is 4.98 Å². The van der Waals surface area contributed by atoms with E-state index in [4.69, 9.17) is 9.47 Å². The minimum absolute atomic E-state index is 0.141. The van der Waals surface area contributed by atoms with E-state index in [1.165, 1.54) is 7.11 Å². The maximum atomic E-state index is 12.0. The lowest BCUT2D eigenvalue weighted by Crippen LogP contribution is -2.36. The number of ether oxygens (including phenoxy) is 2. The van der Waals surface area contributed by atoms with Gasteiger partial charge < -0.3 is 14.4 Å². The third kappa shape index (κ3) is 4.94. The van der Waals surface area contributed by atoms with Crippen LogP contribution in [0.25, 0.3) is 0 Å². The van der Waals surface area contributed by atoms with Crippen LogP contribution < -0.4 is 4.90 Å². The Morgan fingerprint density at radius 2 is 1.96 bits per heavy atom. The molecule has 6 heteroatoms. The number of esters is 2. The third-order valence-corrected chi connectivity index (χ3v) is 4.04. The summed E-state index contributed by atoms with van der Waals surface area (Å²) in [6.45, 7) is 7.20. The summed E-state index contributed by atoms with van der Waals surface area (Å²) in [5, 5.41) is 0. The minimum atomic E-state index is -0.442. The number of pyridine rings is 1.